The highest BCUT2D eigenvalue weighted by Crippen LogP contribution is 2.36. The van der Waals surface area contributed by atoms with E-state index >= 15 is 0 Å². The molecule has 0 spiro atoms. The fourth-order valence-corrected chi connectivity index (χ4v) is 7.51. The molecule has 3 aromatic heterocycles. The second-order valence-electron chi connectivity index (χ2n) is 10.6. The summed E-state index contributed by atoms with van der Waals surface area (Å²) in [6, 6.07) is 16.5. The zero-order chi connectivity index (χ0) is 31.1. The lowest BCUT2D eigenvalue weighted by atomic mass is 9.96. The minimum atomic E-state index is 0.0138. The van der Waals surface area contributed by atoms with E-state index in [1.54, 1.807) is 22.7 Å². The molecule has 0 bridgehead atoms. The van der Waals surface area contributed by atoms with E-state index in [9.17, 15) is 9.18 Å². The van der Waals surface area contributed by atoms with E-state index < -0.39 is 0 Å². The van der Waals surface area contributed by atoms with Crippen molar-refractivity contribution in [2.75, 3.05) is 27.4 Å². The number of aliphatic hydroxyl groups is 1. The van der Waals surface area contributed by atoms with E-state index in [4.69, 9.17) is 26.7 Å². The fraction of sp³-hybridized carbons (Fsp3) is 0.364. The normalized spacial score (nSPS) is 15.1. The number of nitrogens with zero attached hydrogens (tertiary/aromatic N) is 4. The van der Waals surface area contributed by atoms with Crippen LogP contribution in [0.15, 0.2) is 64.1 Å². The Balaban J connectivity index is 0.00000102. The summed E-state index contributed by atoms with van der Waals surface area (Å²) >= 11 is 9.49. The first kappa shape index (κ1) is 33.0. The van der Waals surface area contributed by atoms with Crippen LogP contribution in [-0.2, 0) is 6.54 Å². The van der Waals surface area contributed by atoms with Crippen molar-refractivity contribution >= 4 is 45.2 Å². The van der Waals surface area contributed by atoms with Crippen molar-refractivity contribution in [3.05, 3.63) is 80.2 Å². The van der Waals surface area contributed by atoms with Crippen molar-refractivity contribution in [2.45, 2.75) is 46.2 Å². The Morgan fingerprint density at radius 1 is 1.09 bits per heavy atom. The summed E-state index contributed by atoms with van der Waals surface area (Å²) in [6.07, 6.45) is 2.28. The lowest BCUT2D eigenvalue weighted by molar-refractivity contribution is 0.130. The van der Waals surface area contributed by atoms with E-state index in [-0.39, 0.29) is 5.56 Å². The van der Waals surface area contributed by atoms with Crippen molar-refractivity contribution in [2.24, 2.45) is 5.92 Å². The second-order valence-corrected chi connectivity index (χ2v) is 12.8. The quantitative estimate of drug-likeness (QED) is 0.203. The summed E-state index contributed by atoms with van der Waals surface area (Å²) in [5.41, 5.74) is 4.64. The maximum Gasteiger partial charge on any atom is 0.261 e. The van der Waals surface area contributed by atoms with Crippen molar-refractivity contribution in [1.82, 2.24) is 19.4 Å². The lowest BCUT2D eigenvalue weighted by Gasteiger charge is -2.36. The number of thiazole rings is 1. The number of thiophene rings is 1. The first-order valence-corrected chi connectivity index (χ1v) is 16.4. The maximum absolute atomic E-state index is 14.2. The van der Waals surface area contributed by atoms with Gasteiger partial charge in [-0.05, 0) is 81.3 Å². The van der Waals surface area contributed by atoms with Crippen molar-refractivity contribution in [3.63, 3.8) is 0 Å². The van der Waals surface area contributed by atoms with Crippen molar-refractivity contribution in [3.8, 4) is 32.5 Å². The molecule has 0 saturated carbocycles. The molecule has 1 saturated heterocycles. The lowest BCUT2D eigenvalue weighted by Crippen LogP contribution is -2.42. The number of hydrogen-bond donors (Lipinski definition) is 1. The molecule has 10 heteroatoms. The minimum Gasteiger partial charge on any atom is -0.400 e. The van der Waals surface area contributed by atoms with Crippen LogP contribution in [0.4, 0.5) is 4.39 Å². The van der Waals surface area contributed by atoms with E-state index in [1.807, 2.05) is 51.7 Å². The molecule has 2 aromatic carbocycles. The van der Waals surface area contributed by atoms with Crippen molar-refractivity contribution in [1.29, 1.82) is 0 Å². The van der Waals surface area contributed by atoms with Crippen LogP contribution in [-0.4, -0.2) is 58.0 Å². The summed E-state index contributed by atoms with van der Waals surface area (Å²) in [5.74, 6) is 1.16. The van der Waals surface area contributed by atoms with Gasteiger partial charge in [0.25, 0.3) is 5.56 Å². The Bertz CT molecular complexity index is 1710. The highest BCUT2D eigenvalue weighted by molar-refractivity contribution is 7.16. The Labute approximate surface area is 265 Å². The van der Waals surface area contributed by atoms with Gasteiger partial charge in [0.1, 0.15) is 10.8 Å². The molecular formula is C33H38ClFN4O2S2. The predicted octanol–water partition coefficient (Wildman–Crippen LogP) is 8.19. The number of aliphatic hydroxyl groups excluding tert-OH is 1. The second kappa shape index (κ2) is 15.2. The van der Waals surface area contributed by atoms with Gasteiger partial charge < -0.3 is 10.0 Å². The first-order valence-electron chi connectivity index (χ1n) is 14.3. The molecule has 1 aliphatic heterocycles. The number of piperidine rings is 1. The van der Waals surface area contributed by atoms with Gasteiger partial charge >= 0.3 is 0 Å². The Hall–Kier alpha value is -2.95. The number of alkyl halides is 1. The first-order chi connectivity index (χ1) is 20.9. The van der Waals surface area contributed by atoms with Crippen LogP contribution >= 0.6 is 34.3 Å². The molecule has 1 unspecified atom stereocenters. The minimum absolute atomic E-state index is 0.0138. The molecule has 1 atom stereocenters. The maximum atomic E-state index is 14.2. The average molecular weight is 641 g/mol. The van der Waals surface area contributed by atoms with E-state index in [0.29, 0.717) is 41.6 Å². The smallest absolute Gasteiger partial charge is 0.261 e. The fourth-order valence-electron chi connectivity index (χ4n) is 5.51. The molecule has 1 N–H and O–H groups in total. The Morgan fingerprint density at radius 2 is 1.86 bits per heavy atom. The molecule has 1 aliphatic rings. The molecule has 1 fully saturated rings. The predicted molar refractivity (Wildman–Crippen MR) is 180 cm³/mol. The molecular weight excluding hydrogens is 603 g/mol. The largest absolute Gasteiger partial charge is 0.400 e. The van der Waals surface area contributed by atoms with E-state index in [0.717, 1.165) is 71.1 Å². The Kier molecular flexibility index (Phi) is 11.6. The number of likely N-dealkylation sites (tertiary alicyclic amines) is 1. The number of fused-ring (bicyclic) bond motifs is 1. The van der Waals surface area contributed by atoms with E-state index in [2.05, 4.69) is 37.8 Å². The molecule has 0 amide bonds. The molecule has 228 valence electrons. The van der Waals surface area contributed by atoms with Crippen molar-refractivity contribution < 1.29 is 9.50 Å². The van der Waals surface area contributed by atoms with Gasteiger partial charge in [-0.15, -0.1) is 22.7 Å². The number of aromatic nitrogens is 3. The SMILES string of the molecule is CF.CO.Cc1ccccc1-c1nc2ccc(-c3nc(-c4sccc4Cl)cs3)cc2c(=O)n1CC1CCCN(C(C)C)C1. The number of hydrogen-bond acceptors (Lipinski definition) is 7. The highest BCUT2D eigenvalue weighted by atomic mass is 35.5. The van der Waals surface area contributed by atoms with Gasteiger partial charge in [0.2, 0.25) is 0 Å². The van der Waals surface area contributed by atoms with Gasteiger partial charge in [0.15, 0.2) is 0 Å². The van der Waals surface area contributed by atoms with Crippen LogP contribution in [0.1, 0.15) is 32.3 Å². The van der Waals surface area contributed by atoms with Gasteiger partial charge in [-0.25, -0.2) is 9.97 Å². The van der Waals surface area contributed by atoms with Crippen LogP contribution < -0.4 is 5.56 Å². The number of benzene rings is 2. The number of rotatable bonds is 6. The molecule has 6 nitrogen and oxygen atoms in total. The molecule has 0 radical (unpaired) electrons. The Morgan fingerprint density at radius 3 is 2.56 bits per heavy atom. The third-order valence-electron chi connectivity index (χ3n) is 7.66. The molecule has 0 aliphatic carbocycles. The van der Waals surface area contributed by atoms with Gasteiger partial charge in [0, 0.05) is 42.7 Å². The molecule has 4 heterocycles. The molecule has 43 heavy (non-hydrogen) atoms. The summed E-state index contributed by atoms with van der Waals surface area (Å²) in [6.45, 7) is 9.38. The van der Waals surface area contributed by atoms with Gasteiger partial charge in [-0.2, -0.15) is 0 Å². The topological polar surface area (TPSA) is 71.2 Å². The standard InChI is InChI=1S/C31H31ClN4OS2.CH3F.CH4O/c1-19(2)35-13-6-8-21(16-35)17-36-29(23-9-5-4-7-20(23)3)33-26-11-10-22(15-24(26)31(36)37)30-34-27(18-39-30)28-25(32)12-14-38-28;2*1-2/h4-5,7,9-12,14-15,18-19,21H,6,8,13,16-17H2,1-3H3;1H3;2H,1H3. The summed E-state index contributed by atoms with van der Waals surface area (Å²) < 4.78 is 11.4. The van der Waals surface area contributed by atoms with Gasteiger partial charge in [0.05, 0.1) is 33.7 Å². The van der Waals surface area contributed by atoms with Crippen LogP contribution in [0.25, 0.3) is 43.4 Å². The van der Waals surface area contributed by atoms with Gasteiger partial charge in [-0.3, -0.25) is 13.8 Å². The van der Waals surface area contributed by atoms with Gasteiger partial charge in [-0.1, -0.05) is 35.9 Å². The van der Waals surface area contributed by atoms with Crippen LogP contribution in [0.2, 0.25) is 5.02 Å². The summed E-state index contributed by atoms with van der Waals surface area (Å²) in [5, 5.41) is 13.2. The summed E-state index contributed by atoms with van der Waals surface area (Å²) in [7, 11) is 1.50. The van der Waals surface area contributed by atoms with Crippen LogP contribution in [0.5, 0.6) is 0 Å². The van der Waals surface area contributed by atoms with Crippen LogP contribution in [0.3, 0.4) is 0 Å². The third kappa shape index (κ3) is 7.24. The zero-order valence-electron chi connectivity index (χ0n) is 25.2. The third-order valence-corrected chi connectivity index (χ3v) is 9.92. The van der Waals surface area contributed by atoms with Crippen LogP contribution in [0, 0.1) is 12.8 Å². The molecule has 6 rings (SSSR count). The van der Waals surface area contributed by atoms with E-state index in [1.165, 1.54) is 0 Å². The number of halogens is 2. The number of aryl methyl sites for hydroxylation is 1. The zero-order valence-corrected chi connectivity index (χ0v) is 27.6. The molecule has 5 aromatic rings. The monoisotopic (exact) mass is 640 g/mol. The summed E-state index contributed by atoms with van der Waals surface area (Å²) in [4.78, 5) is 27.7. The highest BCUT2D eigenvalue weighted by Gasteiger charge is 2.25. The average Bonchev–Trinajstić information content (AvgIpc) is 3.70.